The Bertz CT molecular complexity index is 333. The van der Waals surface area contributed by atoms with Crippen LogP contribution in [0, 0.1) is 11.3 Å². The van der Waals surface area contributed by atoms with Gasteiger partial charge in [0.2, 0.25) is 0 Å². The average molecular weight is 337 g/mol. The molecule has 0 aliphatic carbocycles. The minimum atomic E-state index is -0.232. The summed E-state index contributed by atoms with van der Waals surface area (Å²) in [4.78, 5) is 11.2. The molecule has 0 aromatic carbocycles. The summed E-state index contributed by atoms with van der Waals surface area (Å²) in [5, 5.41) is 9.61. The van der Waals surface area contributed by atoms with Crippen LogP contribution in [0.15, 0.2) is 25.3 Å². The van der Waals surface area contributed by atoms with Gasteiger partial charge in [0.05, 0.1) is 6.10 Å². The second-order valence-corrected chi connectivity index (χ2v) is 7.74. The van der Waals surface area contributed by atoms with Crippen molar-refractivity contribution in [1.82, 2.24) is 0 Å². The zero-order chi connectivity index (χ0) is 18.3. The molecule has 0 aliphatic heterocycles. The van der Waals surface area contributed by atoms with Gasteiger partial charge in [0.1, 0.15) is 6.29 Å². The van der Waals surface area contributed by atoms with Crippen LogP contribution in [0.4, 0.5) is 0 Å². The fraction of sp³-hybridized carbons (Fsp3) is 0.773. The highest BCUT2D eigenvalue weighted by Crippen LogP contribution is 2.32. The first-order valence-corrected chi connectivity index (χ1v) is 9.84. The standard InChI is InChI=1S/C22H40O2/c1-5-15-20(22(3,4)19-23)17-13-11-9-7-8-10-12-14-18-21(24)16-6-2/h5-6,19-21,24H,1-2,7-18H2,3-4H3. The van der Waals surface area contributed by atoms with Crippen molar-refractivity contribution in [3.05, 3.63) is 25.3 Å². The van der Waals surface area contributed by atoms with Crippen LogP contribution >= 0.6 is 0 Å². The minimum absolute atomic E-state index is 0.193. The molecule has 2 heteroatoms. The van der Waals surface area contributed by atoms with Crippen molar-refractivity contribution in [2.24, 2.45) is 11.3 Å². The lowest BCUT2D eigenvalue weighted by atomic mass is 9.75. The Morgan fingerprint density at radius 1 is 0.833 bits per heavy atom. The number of aliphatic hydroxyl groups excluding tert-OH is 1. The minimum Gasteiger partial charge on any atom is -0.393 e. The molecule has 140 valence electrons. The summed E-state index contributed by atoms with van der Waals surface area (Å²) >= 11 is 0. The van der Waals surface area contributed by atoms with Crippen molar-refractivity contribution in [3.8, 4) is 0 Å². The molecule has 0 saturated carbocycles. The zero-order valence-electron chi connectivity index (χ0n) is 16.1. The molecule has 2 unspecified atom stereocenters. The number of carbonyl (C=O) groups is 1. The average Bonchev–Trinajstić information content (AvgIpc) is 2.55. The van der Waals surface area contributed by atoms with Gasteiger partial charge in [-0.25, -0.2) is 0 Å². The van der Waals surface area contributed by atoms with Crippen molar-refractivity contribution in [2.45, 2.75) is 97.0 Å². The Balaban J connectivity index is 3.57. The van der Waals surface area contributed by atoms with Crippen LogP contribution in [0.3, 0.4) is 0 Å². The van der Waals surface area contributed by atoms with Crippen LogP contribution in [0.25, 0.3) is 0 Å². The third-order valence-corrected chi connectivity index (χ3v) is 5.09. The topological polar surface area (TPSA) is 37.3 Å². The molecule has 0 bridgehead atoms. The lowest BCUT2D eigenvalue weighted by molar-refractivity contribution is -0.117. The Kier molecular flexibility index (Phi) is 13.9. The number of unbranched alkanes of at least 4 members (excludes halogenated alkanes) is 7. The van der Waals surface area contributed by atoms with Gasteiger partial charge >= 0.3 is 0 Å². The van der Waals surface area contributed by atoms with Crippen LogP contribution in [-0.4, -0.2) is 17.5 Å². The number of aldehydes is 1. The van der Waals surface area contributed by atoms with Crippen molar-refractivity contribution >= 4 is 6.29 Å². The molecular formula is C22H40O2. The second-order valence-electron chi connectivity index (χ2n) is 7.74. The first-order chi connectivity index (χ1) is 11.5. The highest BCUT2D eigenvalue weighted by Gasteiger charge is 2.27. The maximum Gasteiger partial charge on any atom is 0.125 e. The van der Waals surface area contributed by atoms with Gasteiger partial charge in [-0.15, -0.1) is 13.2 Å². The second kappa shape index (κ2) is 14.5. The fourth-order valence-corrected chi connectivity index (χ4v) is 3.23. The molecule has 0 heterocycles. The molecule has 0 fully saturated rings. The zero-order valence-corrected chi connectivity index (χ0v) is 16.1. The van der Waals surface area contributed by atoms with Crippen molar-refractivity contribution in [1.29, 1.82) is 0 Å². The molecule has 2 nitrogen and oxygen atoms in total. The monoisotopic (exact) mass is 336 g/mol. The van der Waals surface area contributed by atoms with Gasteiger partial charge in [-0.2, -0.15) is 0 Å². The van der Waals surface area contributed by atoms with E-state index < -0.39 is 0 Å². The summed E-state index contributed by atoms with van der Waals surface area (Å²) in [6.45, 7) is 11.6. The number of rotatable bonds is 17. The molecule has 0 spiro atoms. The molecule has 0 aromatic rings. The largest absolute Gasteiger partial charge is 0.393 e. The summed E-state index contributed by atoms with van der Waals surface area (Å²) in [7, 11) is 0. The van der Waals surface area contributed by atoms with Crippen LogP contribution in [0.5, 0.6) is 0 Å². The first kappa shape index (κ1) is 23.1. The highest BCUT2D eigenvalue weighted by atomic mass is 16.3. The predicted octanol–water partition coefficient (Wildman–Crippen LogP) is 6.24. The fourth-order valence-electron chi connectivity index (χ4n) is 3.23. The van der Waals surface area contributed by atoms with E-state index in [2.05, 4.69) is 13.2 Å². The lowest BCUT2D eigenvalue weighted by Gasteiger charge is -2.28. The molecular weight excluding hydrogens is 296 g/mol. The van der Waals surface area contributed by atoms with E-state index in [0.717, 1.165) is 32.0 Å². The molecule has 0 amide bonds. The van der Waals surface area contributed by atoms with E-state index in [1.807, 2.05) is 19.9 Å². The Morgan fingerprint density at radius 3 is 1.75 bits per heavy atom. The number of aliphatic hydroxyl groups is 1. The van der Waals surface area contributed by atoms with Gasteiger partial charge in [-0.1, -0.05) is 77.4 Å². The van der Waals surface area contributed by atoms with Gasteiger partial charge in [0.25, 0.3) is 0 Å². The van der Waals surface area contributed by atoms with E-state index in [4.69, 9.17) is 0 Å². The summed E-state index contributed by atoms with van der Waals surface area (Å²) < 4.78 is 0. The van der Waals surface area contributed by atoms with E-state index in [-0.39, 0.29) is 11.5 Å². The number of carbonyl (C=O) groups excluding carboxylic acids is 1. The van der Waals surface area contributed by atoms with Gasteiger partial charge in [-0.3, -0.25) is 0 Å². The van der Waals surface area contributed by atoms with Crippen molar-refractivity contribution < 1.29 is 9.90 Å². The molecule has 0 aromatic heterocycles. The summed E-state index contributed by atoms with van der Waals surface area (Å²) in [5.74, 6) is 0.425. The Hall–Kier alpha value is -0.890. The Morgan fingerprint density at radius 2 is 1.29 bits per heavy atom. The molecule has 24 heavy (non-hydrogen) atoms. The normalized spacial score (nSPS) is 14.1. The Labute approximate surface area is 150 Å². The van der Waals surface area contributed by atoms with E-state index >= 15 is 0 Å². The molecule has 0 radical (unpaired) electrons. The third-order valence-electron chi connectivity index (χ3n) is 5.09. The van der Waals surface area contributed by atoms with E-state index in [1.54, 1.807) is 6.08 Å². The highest BCUT2D eigenvalue weighted by molar-refractivity contribution is 5.58. The van der Waals surface area contributed by atoms with Crippen molar-refractivity contribution in [2.75, 3.05) is 0 Å². The summed E-state index contributed by atoms with van der Waals surface area (Å²) in [6, 6.07) is 0. The smallest absolute Gasteiger partial charge is 0.125 e. The maximum atomic E-state index is 11.2. The summed E-state index contributed by atoms with van der Waals surface area (Å²) in [5.41, 5.74) is -0.232. The van der Waals surface area contributed by atoms with Gasteiger partial charge in [0.15, 0.2) is 0 Å². The molecule has 0 saturated heterocycles. The quantitative estimate of drug-likeness (QED) is 0.194. The molecule has 2 atom stereocenters. The van der Waals surface area contributed by atoms with Crippen LogP contribution < -0.4 is 0 Å². The predicted molar refractivity (Wildman–Crippen MR) is 105 cm³/mol. The van der Waals surface area contributed by atoms with Gasteiger partial charge in [-0.05, 0) is 31.6 Å². The molecule has 0 rings (SSSR count). The van der Waals surface area contributed by atoms with Crippen LogP contribution in [-0.2, 0) is 4.79 Å². The van der Waals surface area contributed by atoms with Gasteiger partial charge in [0, 0.05) is 5.41 Å². The van der Waals surface area contributed by atoms with E-state index in [1.165, 1.54) is 44.9 Å². The van der Waals surface area contributed by atoms with E-state index in [9.17, 15) is 9.90 Å². The van der Waals surface area contributed by atoms with Crippen LogP contribution in [0.1, 0.15) is 90.9 Å². The van der Waals surface area contributed by atoms with Crippen LogP contribution in [0.2, 0.25) is 0 Å². The first-order valence-electron chi connectivity index (χ1n) is 9.84. The van der Waals surface area contributed by atoms with E-state index in [0.29, 0.717) is 12.3 Å². The maximum absolute atomic E-state index is 11.2. The van der Waals surface area contributed by atoms with Gasteiger partial charge < -0.3 is 9.90 Å². The lowest BCUT2D eigenvalue weighted by Crippen LogP contribution is -2.25. The summed E-state index contributed by atoms with van der Waals surface area (Å²) in [6.07, 6.45) is 18.3. The molecule has 1 N–H and O–H groups in total. The number of hydrogen-bond donors (Lipinski definition) is 1. The SMILES string of the molecule is C=CCC(O)CCCCCCCCCCC(CC=C)C(C)(C)C=O. The number of allylic oxidation sites excluding steroid dienone is 1. The number of hydrogen-bond acceptors (Lipinski definition) is 2. The third kappa shape index (κ3) is 11.6. The molecule has 0 aliphatic rings. The van der Waals surface area contributed by atoms with Crippen molar-refractivity contribution in [3.63, 3.8) is 0 Å².